The molecule has 0 saturated carbocycles. The number of pyridine rings is 1. The van der Waals surface area contributed by atoms with Crippen LogP contribution in [0.15, 0.2) is 18.2 Å². The van der Waals surface area contributed by atoms with Gasteiger partial charge < -0.3 is 5.32 Å². The molecule has 0 spiro atoms. The van der Waals surface area contributed by atoms with Gasteiger partial charge in [0.25, 0.3) is 0 Å². The summed E-state index contributed by atoms with van der Waals surface area (Å²) in [6, 6.07) is 6.69. The summed E-state index contributed by atoms with van der Waals surface area (Å²) in [5, 5.41) is 4.77. The van der Waals surface area contributed by atoms with E-state index in [9.17, 15) is 0 Å². The van der Waals surface area contributed by atoms with E-state index in [-0.39, 0.29) is 0 Å². The Bertz CT molecular complexity index is 573. The zero-order chi connectivity index (χ0) is 13.8. The maximum atomic E-state index is 4.70. The summed E-state index contributed by atoms with van der Waals surface area (Å²) in [6.45, 7) is 9.56. The molecule has 1 aromatic carbocycles. The molecular formula is C17H24N2. The Labute approximate surface area is 116 Å². The van der Waals surface area contributed by atoms with Gasteiger partial charge in [0.2, 0.25) is 0 Å². The summed E-state index contributed by atoms with van der Waals surface area (Å²) in [5.41, 5.74) is 6.15. The van der Waals surface area contributed by atoms with E-state index in [4.69, 9.17) is 4.98 Å². The highest BCUT2D eigenvalue weighted by molar-refractivity contribution is 5.93. The fraction of sp³-hybridized carbons (Fsp3) is 0.471. The first-order chi connectivity index (χ1) is 9.17. The van der Waals surface area contributed by atoms with Crippen molar-refractivity contribution in [2.75, 3.05) is 11.9 Å². The van der Waals surface area contributed by atoms with Gasteiger partial charge in [0.15, 0.2) is 0 Å². The van der Waals surface area contributed by atoms with E-state index in [2.05, 4.69) is 51.2 Å². The third kappa shape index (κ3) is 2.89. The molecule has 0 unspecified atom stereocenters. The Morgan fingerprint density at radius 1 is 1.16 bits per heavy atom. The van der Waals surface area contributed by atoms with E-state index in [1.54, 1.807) is 0 Å². The Hall–Kier alpha value is -1.57. The van der Waals surface area contributed by atoms with Gasteiger partial charge in [-0.25, -0.2) is 0 Å². The molecule has 1 N–H and O–H groups in total. The molecule has 0 aliphatic rings. The van der Waals surface area contributed by atoms with Gasteiger partial charge in [0.05, 0.1) is 5.52 Å². The molecule has 0 atom stereocenters. The number of nitrogens with one attached hydrogen (secondary N) is 1. The van der Waals surface area contributed by atoms with E-state index < -0.39 is 0 Å². The summed E-state index contributed by atoms with van der Waals surface area (Å²) in [7, 11) is 0. The average molecular weight is 256 g/mol. The van der Waals surface area contributed by atoms with Crippen molar-refractivity contribution in [3.05, 3.63) is 35.0 Å². The first-order valence-electron chi connectivity index (χ1n) is 7.31. The van der Waals surface area contributed by atoms with Gasteiger partial charge in [-0.3, -0.25) is 4.98 Å². The maximum Gasteiger partial charge on any atom is 0.0726 e. The molecule has 1 aromatic heterocycles. The number of hydrogen-bond acceptors (Lipinski definition) is 2. The van der Waals surface area contributed by atoms with Crippen LogP contribution in [0.4, 0.5) is 5.69 Å². The molecular weight excluding hydrogens is 232 g/mol. The maximum absolute atomic E-state index is 4.70. The fourth-order valence-electron chi connectivity index (χ4n) is 2.47. The minimum atomic E-state index is 0.943. The van der Waals surface area contributed by atoms with Crippen LogP contribution in [0.3, 0.4) is 0 Å². The molecule has 2 aromatic rings. The van der Waals surface area contributed by atoms with Crippen LogP contribution in [0.1, 0.15) is 43.5 Å². The van der Waals surface area contributed by atoms with Crippen molar-refractivity contribution in [3.63, 3.8) is 0 Å². The standard InChI is InChI=1S/C17H24N2/c1-5-7-8-14-9-10-16-15(11-14)17(18-6-2)12(3)13(4)19-16/h9-11H,5-8H2,1-4H3,(H,18,19). The van der Waals surface area contributed by atoms with Gasteiger partial charge in [0.1, 0.15) is 0 Å². The van der Waals surface area contributed by atoms with Crippen LogP contribution >= 0.6 is 0 Å². The summed E-state index contributed by atoms with van der Waals surface area (Å²) in [5.74, 6) is 0. The van der Waals surface area contributed by atoms with Gasteiger partial charge >= 0.3 is 0 Å². The number of hydrogen-bond donors (Lipinski definition) is 1. The van der Waals surface area contributed by atoms with Gasteiger partial charge in [-0.2, -0.15) is 0 Å². The minimum absolute atomic E-state index is 0.943. The number of unbranched alkanes of at least 4 members (excludes halogenated alkanes) is 1. The molecule has 2 nitrogen and oxygen atoms in total. The number of nitrogens with zero attached hydrogens (tertiary/aromatic N) is 1. The van der Waals surface area contributed by atoms with Gasteiger partial charge in [-0.05, 0) is 56.9 Å². The Balaban J connectivity index is 2.54. The van der Waals surface area contributed by atoms with Crippen molar-refractivity contribution in [2.45, 2.75) is 47.0 Å². The molecule has 0 radical (unpaired) electrons. The van der Waals surface area contributed by atoms with Gasteiger partial charge in [0, 0.05) is 23.3 Å². The Kier molecular flexibility index (Phi) is 4.41. The zero-order valence-electron chi connectivity index (χ0n) is 12.5. The average Bonchev–Trinajstić information content (AvgIpc) is 2.42. The molecule has 1 heterocycles. The van der Waals surface area contributed by atoms with Crippen molar-refractivity contribution in [1.82, 2.24) is 4.98 Å². The van der Waals surface area contributed by atoms with E-state index in [1.165, 1.54) is 35.0 Å². The normalized spacial score (nSPS) is 10.9. The smallest absolute Gasteiger partial charge is 0.0726 e. The van der Waals surface area contributed by atoms with Crippen molar-refractivity contribution >= 4 is 16.6 Å². The predicted octanol–water partition coefficient (Wildman–Crippen LogP) is 4.63. The lowest BCUT2D eigenvalue weighted by Gasteiger charge is -2.14. The van der Waals surface area contributed by atoms with E-state index in [0.29, 0.717) is 0 Å². The summed E-state index contributed by atoms with van der Waals surface area (Å²) in [6.07, 6.45) is 3.65. The molecule has 0 amide bonds. The summed E-state index contributed by atoms with van der Waals surface area (Å²) >= 11 is 0. The molecule has 0 aliphatic heterocycles. The number of aromatic nitrogens is 1. The fourth-order valence-corrected chi connectivity index (χ4v) is 2.47. The van der Waals surface area contributed by atoms with E-state index in [1.807, 2.05) is 0 Å². The highest BCUT2D eigenvalue weighted by Crippen LogP contribution is 2.29. The zero-order valence-corrected chi connectivity index (χ0v) is 12.5. The van der Waals surface area contributed by atoms with E-state index in [0.717, 1.165) is 24.2 Å². The van der Waals surface area contributed by atoms with Crippen molar-refractivity contribution in [3.8, 4) is 0 Å². The van der Waals surface area contributed by atoms with Crippen LogP contribution in [-0.2, 0) is 6.42 Å². The topological polar surface area (TPSA) is 24.9 Å². The second-order valence-electron chi connectivity index (χ2n) is 5.18. The van der Waals surface area contributed by atoms with Crippen LogP contribution in [-0.4, -0.2) is 11.5 Å². The third-order valence-corrected chi connectivity index (χ3v) is 3.71. The second kappa shape index (κ2) is 6.05. The van der Waals surface area contributed by atoms with Crippen molar-refractivity contribution in [1.29, 1.82) is 0 Å². The first kappa shape index (κ1) is 13.9. The minimum Gasteiger partial charge on any atom is -0.385 e. The van der Waals surface area contributed by atoms with Gasteiger partial charge in [-0.1, -0.05) is 19.4 Å². The number of benzene rings is 1. The molecule has 0 aliphatic carbocycles. The number of aryl methyl sites for hydroxylation is 2. The quantitative estimate of drug-likeness (QED) is 0.844. The number of anilines is 1. The van der Waals surface area contributed by atoms with Crippen LogP contribution < -0.4 is 5.32 Å². The number of fused-ring (bicyclic) bond motifs is 1. The van der Waals surface area contributed by atoms with Crippen LogP contribution in [0.2, 0.25) is 0 Å². The lowest BCUT2D eigenvalue weighted by molar-refractivity contribution is 0.796. The molecule has 2 heteroatoms. The molecule has 0 bridgehead atoms. The second-order valence-corrected chi connectivity index (χ2v) is 5.18. The van der Waals surface area contributed by atoms with Crippen LogP contribution in [0, 0.1) is 13.8 Å². The Morgan fingerprint density at radius 3 is 2.63 bits per heavy atom. The molecule has 0 fully saturated rings. The third-order valence-electron chi connectivity index (χ3n) is 3.71. The van der Waals surface area contributed by atoms with E-state index >= 15 is 0 Å². The highest BCUT2D eigenvalue weighted by atomic mass is 14.9. The molecule has 2 rings (SSSR count). The summed E-state index contributed by atoms with van der Waals surface area (Å²) in [4.78, 5) is 4.70. The lowest BCUT2D eigenvalue weighted by atomic mass is 10.0. The summed E-state index contributed by atoms with van der Waals surface area (Å²) < 4.78 is 0. The molecule has 0 saturated heterocycles. The lowest BCUT2D eigenvalue weighted by Crippen LogP contribution is -2.03. The van der Waals surface area contributed by atoms with Crippen molar-refractivity contribution in [2.24, 2.45) is 0 Å². The predicted molar refractivity (Wildman–Crippen MR) is 84.0 cm³/mol. The van der Waals surface area contributed by atoms with Crippen LogP contribution in [0.25, 0.3) is 10.9 Å². The molecule has 102 valence electrons. The number of rotatable bonds is 5. The van der Waals surface area contributed by atoms with Crippen molar-refractivity contribution < 1.29 is 0 Å². The monoisotopic (exact) mass is 256 g/mol. The largest absolute Gasteiger partial charge is 0.385 e. The SMILES string of the molecule is CCCCc1ccc2nc(C)c(C)c(NCC)c2c1. The van der Waals surface area contributed by atoms with Crippen LogP contribution in [0.5, 0.6) is 0 Å². The Morgan fingerprint density at radius 2 is 1.95 bits per heavy atom. The van der Waals surface area contributed by atoms with Gasteiger partial charge in [-0.15, -0.1) is 0 Å². The highest BCUT2D eigenvalue weighted by Gasteiger charge is 2.09. The first-order valence-corrected chi connectivity index (χ1v) is 7.31. The molecule has 19 heavy (non-hydrogen) atoms.